The third-order valence-electron chi connectivity index (χ3n) is 4.70. The van der Waals surface area contributed by atoms with Crippen LogP contribution in [-0.4, -0.2) is 69.1 Å². The summed E-state index contributed by atoms with van der Waals surface area (Å²) < 4.78 is 18.7. The number of rotatable bonds is 5. The number of morpholine rings is 1. The Morgan fingerprint density at radius 1 is 1.35 bits per heavy atom. The predicted molar refractivity (Wildman–Crippen MR) is 106 cm³/mol. The fraction of sp³-hybridized carbons (Fsp3) is 0.632. The van der Waals surface area contributed by atoms with E-state index in [1.807, 2.05) is 38.2 Å². The molecule has 0 aromatic heterocycles. The average molecular weight is 426 g/mol. The second kappa shape index (κ2) is 9.58. The van der Waals surface area contributed by atoms with Gasteiger partial charge < -0.3 is 24.4 Å². The maximum atomic E-state index is 6.00. The number of nitrogens with zero attached hydrogens (tertiary/aromatic N) is 2. The molecule has 0 bridgehead atoms. The highest BCUT2D eigenvalue weighted by molar-refractivity contribution is 9.10. The Kier molecular flexibility index (Phi) is 7.16. The van der Waals surface area contributed by atoms with Crippen LogP contribution in [0.2, 0.25) is 0 Å². The molecule has 0 saturated carbocycles. The van der Waals surface area contributed by atoms with Crippen molar-refractivity contribution in [2.45, 2.75) is 38.1 Å². The zero-order valence-corrected chi connectivity index (χ0v) is 17.1. The van der Waals surface area contributed by atoms with Crippen LogP contribution in [0, 0.1) is 0 Å². The second-order valence-corrected chi connectivity index (χ2v) is 7.55. The van der Waals surface area contributed by atoms with Crippen LogP contribution < -0.4 is 10.1 Å². The molecule has 144 valence electrons. The molecule has 2 aliphatic heterocycles. The Hall–Kier alpha value is -1.31. The van der Waals surface area contributed by atoms with Crippen LogP contribution >= 0.6 is 15.9 Å². The van der Waals surface area contributed by atoms with Crippen LogP contribution in [-0.2, 0) is 9.47 Å². The number of guanidine groups is 1. The van der Waals surface area contributed by atoms with E-state index >= 15 is 0 Å². The smallest absolute Gasteiger partial charge is 0.193 e. The Morgan fingerprint density at radius 3 is 2.88 bits per heavy atom. The molecule has 3 atom stereocenters. The Labute approximate surface area is 164 Å². The summed E-state index contributed by atoms with van der Waals surface area (Å²) in [5.74, 6) is 1.74. The Balaban J connectivity index is 1.50. The van der Waals surface area contributed by atoms with E-state index in [1.54, 1.807) is 0 Å². The molecule has 0 spiro atoms. The first kappa shape index (κ1) is 19.5. The molecule has 2 heterocycles. The summed E-state index contributed by atoms with van der Waals surface area (Å²) >= 11 is 3.52. The number of benzene rings is 1. The fourth-order valence-corrected chi connectivity index (χ4v) is 3.73. The fourth-order valence-electron chi connectivity index (χ4n) is 3.35. The van der Waals surface area contributed by atoms with Gasteiger partial charge in [-0.05, 0) is 47.8 Å². The molecule has 2 fully saturated rings. The number of ether oxygens (including phenoxy) is 3. The molecule has 3 rings (SSSR count). The van der Waals surface area contributed by atoms with E-state index in [-0.39, 0.29) is 18.3 Å². The van der Waals surface area contributed by atoms with Crippen molar-refractivity contribution in [3.05, 3.63) is 28.7 Å². The predicted octanol–water partition coefficient (Wildman–Crippen LogP) is 2.67. The zero-order chi connectivity index (χ0) is 18.4. The highest BCUT2D eigenvalue weighted by Gasteiger charge is 2.32. The molecule has 1 aromatic rings. The first-order valence-corrected chi connectivity index (χ1v) is 10.1. The first-order valence-electron chi connectivity index (χ1n) is 9.27. The van der Waals surface area contributed by atoms with Gasteiger partial charge in [-0.1, -0.05) is 12.1 Å². The second-order valence-electron chi connectivity index (χ2n) is 6.69. The number of hydrogen-bond acceptors (Lipinski definition) is 4. The molecule has 0 amide bonds. The van der Waals surface area contributed by atoms with Gasteiger partial charge in [-0.2, -0.15) is 0 Å². The number of halogens is 1. The SMILES string of the molecule is CN=C(NCC(C)Oc1ccccc1Br)N1CCOC(C2CCCO2)C1. The summed E-state index contributed by atoms with van der Waals surface area (Å²) in [5, 5.41) is 3.43. The first-order chi connectivity index (χ1) is 12.7. The van der Waals surface area contributed by atoms with Crippen LogP contribution in [0.5, 0.6) is 5.75 Å². The zero-order valence-electron chi connectivity index (χ0n) is 15.5. The topological polar surface area (TPSA) is 55.3 Å². The van der Waals surface area contributed by atoms with Gasteiger partial charge in [0.25, 0.3) is 0 Å². The van der Waals surface area contributed by atoms with Crippen LogP contribution in [0.25, 0.3) is 0 Å². The van der Waals surface area contributed by atoms with Crippen LogP contribution in [0.3, 0.4) is 0 Å². The van der Waals surface area contributed by atoms with Crippen molar-refractivity contribution in [3.63, 3.8) is 0 Å². The number of aliphatic imine (C=N–C) groups is 1. The molecule has 26 heavy (non-hydrogen) atoms. The molecule has 2 saturated heterocycles. The third-order valence-corrected chi connectivity index (χ3v) is 5.35. The van der Waals surface area contributed by atoms with Gasteiger partial charge in [0.1, 0.15) is 18.0 Å². The lowest BCUT2D eigenvalue weighted by Crippen LogP contribution is -2.54. The van der Waals surface area contributed by atoms with E-state index in [2.05, 4.69) is 31.1 Å². The van der Waals surface area contributed by atoms with Crippen LogP contribution in [0.1, 0.15) is 19.8 Å². The molecule has 7 heteroatoms. The molecule has 0 radical (unpaired) electrons. The largest absolute Gasteiger partial charge is 0.488 e. The molecule has 0 aliphatic carbocycles. The lowest BCUT2D eigenvalue weighted by molar-refractivity contribution is -0.0817. The van der Waals surface area contributed by atoms with E-state index in [9.17, 15) is 0 Å². The molecule has 1 N–H and O–H groups in total. The van der Waals surface area contributed by atoms with Crippen molar-refractivity contribution >= 4 is 21.9 Å². The van der Waals surface area contributed by atoms with Crippen LogP contribution in [0.15, 0.2) is 33.7 Å². The maximum absolute atomic E-state index is 6.00. The standard InChI is InChI=1S/C19H28BrN3O3/c1-14(26-16-7-4-3-6-15(16)20)12-22-19(21-2)23-9-11-25-18(13-23)17-8-5-10-24-17/h3-4,6-7,14,17-18H,5,8-13H2,1-2H3,(H,21,22). The average Bonchev–Trinajstić information content (AvgIpc) is 3.19. The van der Waals surface area contributed by atoms with Gasteiger partial charge in [-0.15, -0.1) is 0 Å². The summed E-state index contributed by atoms with van der Waals surface area (Å²) in [6.07, 6.45) is 2.57. The van der Waals surface area contributed by atoms with Crippen molar-refractivity contribution in [2.24, 2.45) is 4.99 Å². The summed E-state index contributed by atoms with van der Waals surface area (Å²) in [6, 6.07) is 7.89. The summed E-state index contributed by atoms with van der Waals surface area (Å²) in [6.45, 7) is 5.92. The van der Waals surface area contributed by atoms with Crippen molar-refractivity contribution in [1.82, 2.24) is 10.2 Å². The van der Waals surface area contributed by atoms with E-state index in [1.165, 1.54) is 0 Å². The number of nitrogens with one attached hydrogen (secondary N) is 1. The van der Waals surface area contributed by atoms with Gasteiger partial charge in [-0.3, -0.25) is 4.99 Å². The van der Waals surface area contributed by atoms with Crippen molar-refractivity contribution < 1.29 is 14.2 Å². The molecule has 2 aliphatic rings. The minimum absolute atomic E-state index is 0.0143. The lowest BCUT2D eigenvalue weighted by atomic mass is 10.1. The minimum Gasteiger partial charge on any atom is -0.488 e. The lowest BCUT2D eigenvalue weighted by Gasteiger charge is -2.37. The molecular formula is C19H28BrN3O3. The number of para-hydroxylation sites is 1. The summed E-state index contributed by atoms with van der Waals surface area (Å²) in [4.78, 5) is 6.69. The van der Waals surface area contributed by atoms with Crippen molar-refractivity contribution in [3.8, 4) is 5.75 Å². The maximum Gasteiger partial charge on any atom is 0.193 e. The van der Waals surface area contributed by atoms with Gasteiger partial charge in [0.15, 0.2) is 5.96 Å². The van der Waals surface area contributed by atoms with Gasteiger partial charge in [0.2, 0.25) is 0 Å². The normalized spacial score (nSPS) is 25.2. The quantitative estimate of drug-likeness (QED) is 0.580. The van der Waals surface area contributed by atoms with E-state index < -0.39 is 0 Å². The summed E-state index contributed by atoms with van der Waals surface area (Å²) in [7, 11) is 1.82. The van der Waals surface area contributed by atoms with Crippen molar-refractivity contribution in [1.29, 1.82) is 0 Å². The van der Waals surface area contributed by atoms with E-state index in [0.717, 1.165) is 48.7 Å². The molecule has 1 aromatic carbocycles. The Bertz CT molecular complexity index is 607. The van der Waals surface area contributed by atoms with Crippen LogP contribution in [0.4, 0.5) is 0 Å². The molecule has 3 unspecified atom stereocenters. The Morgan fingerprint density at radius 2 is 2.15 bits per heavy atom. The monoisotopic (exact) mass is 425 g/mol. The molecular weight excluding hydrogens is 398 g/mol. The highest BCUT2D eigenvalue weighted by Crippen LogP contribution is 2.25. The third kappa shape index (κ3) is 5.11. The highest BCUT2D eigenvalue weighted by atomic mass is 79.9. The van der Waals surface area contributed by atoms with Gasteiger partial charge in [-0.25, -0.2) is 0 Å². The summed E-state index contributed by atoms with van der Waals surface area (Å²) in [5.41, 5.74) is 0. The number of hydrogen-bond donors (Lipinski definition) is 1. The van der Waals surface area contributed by atoms with E-state index in [4.69, 9.17) is 14.2 Å². The van der Waals surface area contributed by atoms with Crippen molar-refractivity contribution in [2.75, 3.05) is 39.9 Å². The molecule has 6 nitrogen and oxygen atoms in total. The van der Waals surface area contributed by atoms with E-state index in [0.29, 0.717) is 13.2 Å². The minimum atomic E-state index is 0.0143. The van der Waals surface area contributed by atoms with Gasteiger partial charge in [0, 0.05) is 26.7 Å². The van der Waals surface area contributed by atoms with Gasteiger partial charge in [0.05, 0.1) is 23.7 Å². The van der Waals surface area contributed by atoms with Gasteiger partial charge >= 0.3 is 0 Å².